The quantitative estimate of drug-likeness (QED) is 0.844. The van der Waals surface area contributed by atoms with Gasteiger partial charge in [-0.2, -0.15) is 0 Å². The van der Waals surface area contributed by atoms with Crippen LogP contribution in [-0.2, 0) is 11.2 Å². The van der Waals surface area contributed by atoms with Gasteiger partial charge in [0.25, 0.3) is 0 Å². The van der Waals surface area contributed by atoms with Gasteiger partial charge in [-0.3, -0.25) is 4.79 Å². The molecule has 1 aliphatic rings. The lowest BCUT2D eigenvalue weighted by Gasteiger charge is -2.28. The zero-order chi connectivity index (χ0) is 13.9. The largest absolute Gasteiger partial charge is 0.394 e. The number of aliphatic hydroxyl groups is 1. The normalized spacial score (nSPS) is 17.8. The molecule has 1 aromatic carbocycles. The highest BCUT2D eigenvalue weighted by molar-refractivity contribution is 9.10. The van der Waals surface area contributed by atoms with Gasteiger partial charge in [-0.1, -0.05) is 28.1 Å². The van der Waals surface area contributed by atoms with Gasteiger partial charge in [0.15, 0.2) is 0 Å². The third-order valence-electron chi connectivity index (χ3n) is 3.79. The summed E-state index contributed by atoms with van der Waals surface area (Å²) >= 11 is 3.39. The van der Waals surface area contributed by atoms with Crippen LogP contribution in [0.5, 0.6) is 0 Å². The number of nitrogens with one attached hydrogen (secondary N) is 1. The Kier molecular flexibility index (Phi) is 4.63. The van der Waals surface area contributed by atoms with Crippen molar-refractivity contribution in [2.75, 3.05) is 6.61 Å². The van der Waals surface area contributed by atoms with Crippen molar-refractivity contribution in [1.82, 2.24) is 5.32 Å². The summed E-state index contributed by atoms with van der Waals surface area (Å²) < 4.78 is 1.04. The molecule has 1 atom stereocenters. The number of benzene rings is 1. The molecule has 1 fully saturated rings. The molecule has 2 N–H and O–H groups in total. The van der Waals surface area contributed by atoms with E-state index in [4.69, 9.17) is 0 Å². The van der Waals surface area contributed by atoms with E-state index in [0.717, 1.165) is 29.3 Å². The van der Waals surface area contributed by atoms with Crippen molar-refractivity contribution in [2.45, 2.75) is 38.1 Å². The Labute approximate surface area is 122 Å². The molecule has 0 spiro atoms. The Morgan fingerprint density at radius 2 is 2.05 bits per heavy atom. The SMILES string of the molecule is CC(CO)(NC(=O)CCc1ccc(Br)cc1)C1CC1. The van der Waals surface area contributed by atoms with E-state index in [0.29, 0.717) is 12.3 Å². The first-order chi connectivity index (χ1) is 9.03. The zero-order valence-electron chi connectivity index (χ0n) is 11.2. The fraction of sp³-hybridized carbons (Fsp3) is 0.533. The Morgan fingerprint density at radius 1 is 1.42 bits per heavy atom. The third kappa shape index (κ3) is 4.05. The molecule has 1 saturated carbocycles. The molecule has 2 rings (SSSR count). The van der Waals surface area contributed by atoms with Crippen LogP contribution in [0.3, 0.4) is 0 Å². The van der Waals surface area contributed by atoms with Crippen molar-refractivity contribution >= 4 is 21.8 Å². The molecule has 104 valence electrons. The van der Waals surface area contributed by atoms with E-state index in [1.165, 1.54) is 0 Å². The minimum Gasteiger partial charge on any atom is -0.394 e. The summed E-state index contributed by atoms with van der Waals surface area (Å²) in [4.78, 5) is 12.0. The number of halogens is 1. The molecular weight excluding hydrogens is 306 g/mol. The Balaban J connectivity index is 1.82. The summed E-state index contributed by atoms with van der Waals surface area (Å²) in [5, 5.41) is 12.4. The second-order valence-electron chi connectivity index (χ2n) is 5.52. The van der Waals surface area contributed by atoms with Gasteiger partial charge in [-0.15, -0.1) is 0 Å². The van der Waals surface area contributed by atoms with E-state index in [1.807, 2.05) is 31.2 Å². The van der Waals surface area contributed by atoms with Gasteiger partial charge in [0.2, 0.25) is 5.91 Å². The van der Waals surface area contributed by atoms with Gasteiger partial charge in [-0.25, -0.2) is 0 Å². The van der Waals surface area contributed by atoms with Crippen LogP contribution in [0.2, 0.25) is 0 Å². The van der Waals surface area contributed by atoms with Gasteiger partial charge < -0.3 is 10.4 Å². The van der Waals surface area contributed by atoms with Gasteiger partial charge in [0, 0.05) is 10.9 Å². The molecule has 0 saturated heterocycles. The van der Waals surface area contributed by atoms with Crippen LogP contribution in [-0.4, -0.2) is 23.2 Å². The highest BCUT2D eigenvalue weighted by atomic mass is 79.9. The molecule has 1 aromatic rings. The van der Waals surface area contributed by atoms with Crippen molar-refractivity contribution in [1.29, 1.82) is 0 Å². The van der Waals surface area contributed by atoms with Gasteiger partial charge in [0.1, 0.15) is 0 Å². The number of carbonyl (C=O) groups is 1. The van der Waals surface area contributed by atoms with Crippen molar-refractivity contribution in [2.24, 2.45) is 5.92 Å². The molecule has 1 amide bonds. The first-order valence-corrected chi connectivity index (χ1v) is 7.49. The maximum atomic E-state index is 12.0. The smallest absolute Gasteiger partial charge is 0.220 e. The molecule has 1 aliphatic carbocycles. The van der Waals surface area contributed by atoms with Crippen LogP contribution in [0.15, 0.2) is 28.7 Å². The minimum absolute atomic E-state index is 0.0156. The number of hydrogen-bond acceptors (Lipinski definition) is 2. The van der Waals surface area contributed by atoms with E-state index in [1.54, 1.807) is 0 Å². The first-order valence-electron chi connectivity index (χ1n) is 6.70. The van der Waals surface area contributed by atoms with Crippen LogP contribution >= 0.6 is 15.9 Å². The summed E-state index contributed by atoms with van der Waals surface area (Å²) in [5.41, 5.74) is 0.715. The molecule has 1 unspecified atom stereocenters. The maximum absolute atomic E-state index is 12.0. The average Bonchev–Trinajstić information content (AvgIpc) is 3.22. The van der Waals surface area contributed by atoms with E-state index in [-0.39, 0.29) is 12.5 Å². The predicted molar refractivity (Wildman–Crippen MR) is 78.8 cm³/mol. The lowest BCUT2D eigenvalue weighted by molar-refractivity contribution is -0.123. The summed E-state index contributed by atoms with van der Waals surface area (Å²) in [6.45, 7) is 1.95. The van der Waals surface area contributed by atoms with E-state index in [9.17, 15) is 9.90 Å². The number of aryl methyl sites for hydroxylation is 1. The Morgan fingerprint density at radius 3 is 2.58 bits per heavy atom. The first kappa shape index (κ1) is 14.5. The zero-order valence-corrected chi connectivity index (χ0v) is 12.7. The average molecular weight is 326 g/mol. The molecule has 0 aliphatic heterocycles. The van der Waals surface area contributed by atoms with E-state index in [2.05, 4.69) is 21.2 Å². The summed E-state index contributed by atoms with van der Waals surface area (Å²) in [7, 11) is 0. The van der Waals surface area contributed by atoms with Gasteiger partial charge in [0.05, 0.1) is 12.1 Å². The fourth-order valence-electron chi connectivity index (χ4n) is 2.28. The molecule has 0 bridgehead atoms. The molecule has 4 heteroatoms. The van der Waals surface area contributed by atoms with Crippen LogP contribution in [0, 0.1) is 5.92 Å². The van der Waals surface area contributed by atoms with Crippen molar-refractivity contribution < 1.29 is 9.90 Å². The highest BCUT2D eigenvalue weighted by Gasteiger charge is 2.41. The van der Waals surface area contributed by atoms with E-state index >= 15 is 0 Å². The van der Waals surface area contributed by atoms with Crippen LogP contribution < -0.4 is 5.32 Å². The second kappa shape index (κ2) is 6.06. The number of amides is 1. The summed E-state index contributed by atoms with van der Waals surface area (Å²) in [6.07, 6.45) is 3.39. The van der Waals surface area contributed by atoms with Crippen molar-refractivity contribution in [3.05, 3.63) is 34.3 Å². The topological polar surface area (TPSA) is 49.3 Å². The Bertz CT molecular complexity index is 442. The van der Waals surface area contributed by atoms with Crippen molar-refractivity contribution in [3.8, 4) is 0 Å². The molecule has 0 aromatic heterocycles. The monoisotopic (exact) mass is 325 g/mol. The number of hydrogen-bond donors (Lipinski definition) is 2. The highest BCUT2D eigenvalue weighted by Crippen LogP contribution is 2.39. The molecule has 0 radical (unpaired) electrons. The van der Waals surface area contributed by atoms with E-state index < -0.39 is 5.54 Å². The number of rotatable bonds is 6. The van der Waals surface area contributed by atoms with Crippen molar-refractivity contribution in [3.63, 3.8) is 0 Å². The lowest BCUT2D eigenvalue weighted by atomic mass is 9.96. The standard InChI is InChI=1S/C15H20BrNO2/c1-15(10-18,12-5-6-12)17-14(19)9-4-11-2-7-13(16)8-3-11/h2-3,7-8,12,18H,4-6,9-10H2,1H3,(H,17,19). The van der Waals surface area contributed by atoms with Crippen LogP contribution in [0.1, 0.15) is 31.7 Å². The Hall–Kier alpha value is -0.870. The number of carbonyl (C=O) groups excluding carboxylic acids is 1. The summed E-state index contributed by atoms with van der Waals surface area (Å²) in [5.74, 6) is 0.459. The summed E-state index contributed by atoms with van der Waals surface area (Å²) in [6, 6.07) is 8.00. The molecular formula is C15H20BrNO2. The minimum atomic E-state index is -0.434. The third-order valence-corrected chi connectivity index (χ3v) is 4.31. The second-order valence-corrected chi connectivity index (χ2v) is 6.44. The van der Waals surface area contributed by atoms with Gasteiger partial charge >= 0.3 is 0 Å². The van der Waals surface area contributed by atoms with Gasteiger partial charge in [-0.05, 0) is 49.8 Å². The number of aliphatic hydroxyl groups excluding tert-OH is 1. The predicted octanol–water partition coefficient (Wildman–Crippen LogP) is 2.66. The maximum Gasteiger partial charge on any atom is 0.220 e. The fourth-order valence-corrected chi connectivity index (χ4v) is 2.55. The van der Waals surface area contributed by atoms with Crippen LogP contribution in [0.25, 0.3) is 0 Å². The molecule has 19 heavy (non-hydrogen) atoms. The molecule has 0 heterocycles. The lowest BCUT2D eigenvalue weighted by Crippen LogP contribution is -2.50. The molecule has 3 nitrogen and oxygen atoms in total. The van der Waals surface area contributed by atoms with Crippen LogP contribution in [0.4, 0.5) is 0 Å².